The van der Waals surface area contributed by atoms with E-state index >= 15 is 0 Å². The lowest BCUT2D eigenvalue weighted by molar-refractivity contribution is -0.127. The van der Waals surface area contributed by atoms with Crippen molar-refractivity contribution in [1.82, 2.24) is 4.90 Å². The molecule has 2 fully saturated rings. The van der Waals surface area contributed by atoms with Crippen LogP contribution >= 0.6 is 11.8 Å². The third kappa shape index (κ3) is 7.69. The van der Waals surface area contributed by atoms with Crippen LogP contribution in [0, 0.1) is 0 Å². The summed E-state index contributed by atoms with van der Waals surface area (Å²) >= 11 is 0.803. The molecule has 10 heteroatoms. The average molecular weight is 614 g/mol. The van der Waals surface area contributed by atoms with Crippen molar-refractivity contribution in [3.63, 3.8) is 0 Å². The van der Waals surface area contributed by atoms with Gasteiger partial charge in [-0.25, -0.2) is 0 Å². The smallest absolute Gasteiger partial charge is 0.294 e. The minimum absolute atomic E-state index is 0.225. The normalized spacial score (nSPS) is 15.9. The van der Waals surface area contributed by atoms with Crippen LogP contribution in [-0.4, -0.2) is 61.4 Å². The molecule has 0 unspecified atom stereocenters. The zero-order valence-corrected chi connectivity index (χ0v) is 25.4. The molecule has 3 amide bonds. The van der Waals surface area contributed by atoms with Gasteiger partial charge in [0, 0.05) is 30.0 Å². The fourth-order valence-electron chi connectivity index (χ4n) is 4.94. The van der Waals surface area contributed by atoms with Gasteiger partial charge in [0.25, 0.3) is 11.1 Å². The van der Waals surface area contributed by atoms with Crippen molar-refractivity contribution in [3.8, 4) is 11.5 Å². The maximum absolute atomic E-state index is 13.2. The lowest BCUT2D eigenvalue weighted by atomic mass is 10.0. The molecule has 3 aromatic carbocycles. The Morgan fingerprint density at radius 3 is 2.50 bits per heavy atom. The Morgan fingerprint density at radius 2 is 1.80 bits per heavy atom. The summed E-state index contributed by atoms with van der Waals surface area (Å²) in [5.41, 5.74) is 4.16. The fourth-order valence-corrected chi connectivity index (χ4v) is 5.78. The van der Waals surface area contributed by atoms with Crippen LogP contribution in [0.3, 0.4) is 0 Å². The van der Waals surface area contributed by atoms with Crippen molar-refractivity contribution in [2.75, 3.05) is 49.7 Å². The SMILES string of the molecule is C=CCc1cc(/C=C2\SC(=O)N(CC(=O)Nc3ccc(N4CCOCC4)cc3)C2=O)cc(OCC)c1OCc1ccccc1. The topological polar surface area (TPSA) is 97.4 Å². The van der Waals surface area contributed by atoms with Gasteiger partial charge in [0.2, 0.25) is 5.91 Å². The number of carbonyl (C=O) groups excluding carboxylic acids is 3. The van der Waals surface area contributed by atoms with Gasteiger partial charge in [0.1, 0.15) is 13.2 Å². The number of allylic oxidation sites excluding steroid dienone is 1. The van der Waals surface area contributed by atoms with E-state index in [9.17, 15) is 14.4 Å². The molecule has 1 N–H and O–H groups in total. The van der Waals surface area contributed by atoms with Crippen LogP contribution in [0.5, 0.6) is 11.5 Å². The minimum atomic E-state index is -0.523. The van der Waals surface area contributed by atoms with Gasteiger partial charge in [-0.05, 0) is 78.7 Å². The number of hydrogen-bond acceptors (Lipinski definition) is 8. The second-order valence-corrected chi connectivity index (χ2v) is 11.2. The molecular formula is C34H35N3O6S. The van der Waals surface area contributed by atoms with E-state index in [1.54, 1.807) is 30.4 Å². The summed E-state index contributed by atoms with van der Waals surface area (Å²) < 4.78 is 17.5. The predicted octanol–water partition coefficient (Wildman–Crippen LogP) is 5.90. The minimum Gasteiger partial charge on any atom is -0.490 e. The standard InChI is InChI=1S/C34H35N3O6S/c1-3-8-26-19-25(20-29(42-4-2)32(26)43-23-24-9-6-5-7-10-24)21-30-33(39)37(34(40)44-30)22-31(38)35-27-11-13-28(14-12-27)36-15-17-41-18-16-36/h3,5-7,9-14,19-21H,1,4,8,15-18,22-23H2,2H3,(H,35,38)/b30-21-. The van der Waals surface area contributed by atoms with Gasteiger partial charge in [-0.2, -0.15) is 0 Å². The van der Waals surface area contributed by atoms with Gasteiger partial charge in [0.05, 0.1) is 24.7 Å². The number of rotatable bonds is 12. The molecule has 228 valence electrons. The first-order chi connectivity index (χ1) is 21.4. The molecule has 3 aromatic rings. The fraction of sp³-hybridized carbons (Fsp3) is 0.265. The molecule has 2 saturated heterocycles. The van der Waals surface area contributed by atoms with Crippen LogP contribution in [0.4, 0.5) is 16.2 Å². The molecule has 2 aliphatic heterocycles. The summed E-state index contributed by atoms with van der Waals surface area (Å²) in [6, 6.07) is 21.0. The van der Waals surface area contributed by atoms with E-state index in [1.807, 2.05) is 55.5 Å². The van der Waals surface area contributed by atoms with Crippen LogP contribution in [-0.2, 0) is 27.4 Å². The Hall–Kier alpha value is -4.54. The largest absolute Gasteiger partial charge is 0.490 e. The van der Waals surface area contributed by atoms with E-state index in [4.69, 9.17) is 14.2 Å². The number of ether oxygens (including phenoxy) is 3. The molecular weight excluding hydrogens is 578 g/mol. The lowest BCUT2D eigenvalue weighted by Gasteiger charge is -2.28. The second kappa shape index (κ2) is 14.8. The summed E-state index contributed by atoms with van der Waals surface area (Å²) in [4.78, 5) is 42.2. The number of nitrogens with one attached hydrogen (secondary N) is 1. The zero-order chi connectivity index (χ0) is 30.9. The number of carbonyl (C=O) groups is 3. The Morgan fingerprint density at radius 1 is 1.05 bits per heavy atom. The average Bonchev–Trinajstić information content (AvgIpc) is 3.29. The summed E-state index contributed by atoms with van der Waals surface area (Å²) in [7, 11) is 0. The number of morpholine rings is 1. The molecule has 0 saturated carbocycles. The number of amides is 3. The zero-order valence-electron chi connectivity index (χ0n) is 24.6. The quantitative estimate of drug-likeness (QED) is 0.199. The molecule has 2 heterocycles. The molecule has 2 aliphatic rings. The van der Waals surface area contributed by atoms with Gasteiger partial charge in [-0.15, -0.1) is 6.58 Å². The van der Waals surface area contributed by atoms with Gasteiger partial charge < -0.3 is 24.4 Å². The van der Waals surface area contributed by atoms with Crippen molar-refractivity contribution < 1.29 is 28.6 Å². The van der Waals surface area contributed by atoms with Crippen molar-refractivity contribution in [1.29, 1.82) is 0 Å². The van der Waals surface area contributed by atoms with Crippen molar-refractivity contribution >= 4 is 46.3 Å². The van der Waals surface area contributed by atoms with E-state index in [1.165, 1.54) is 0 Å². The Kier molecular flexibility index (Phi) is 10.4. The summed E-state index contributed by atoms with van der Waals surface area (Å²) in [6.45, 7) is 9.15. The number of imide groups is 1. The Labute approximate surface area is 261 Å². The van der Waals surface area contributed by atoms with E-state index < -0.39 is 17.1 Å². The van der Waals surface area contributed by atoms with E-state index in [2.05, 4.69) is 16.8 Å². The molecule has 0 aromatic heterocycles. The van der Waals surface area contributed by atoms with Crippen LogP contribution in [0.15, 0.2) is 84.3 Å². The monoisotopic (exact) mass is 613 g/mol. The highest BCUT2D eigenvalue weighted by molar-refractivity contribution is 8.18. The molecule has 0 atom stereocenters. The summed E-state index contributed by atoms with van der Waals surface area (Å²) in [6.07, 6.45) is 3.93. The molecule has 9 nitrogen and oxygen atoms in total. The highest BCUT2D eigenvalue weighted by Gasteiger charge is 2.36. The van der Waals surface area contributed by atoms with Crippen LogP contribution in [0.25, 0.3) is 6.08 Å². The molecule has 5 rings (SSSR count). The second-order valence-electron chi connectivity index (χ2n) is 10.2. The van der Waals surface area contributed by atoms with Crippen LogP contribution in [0.2, 0.25) is 0 Å². The first-order valence-corrected chi connectivity index (χ1v) is 15.3. The van der Waals surface area contributed by atoms with E-state index in [-0.39, 0.29) is 11.4 Å². The lowest BCUT2D eigenvalue weighted by Crippen LogP contribution is -2.36. The van der Waals surface area contributed by atoms with Gasteiger partial charge in [-0.3, -0.25) is 19.3 Å². The number of benzene rings is 3. The maximum atomic E-state index is 13.2. The molecule has 44 heavy (non-hydrogen) atoms. The molecule has 0 bridgehead atoms. The highest BCUT2D eigenvalue weighted by atomic mass is 32.2. The number of hydrogen-bond donors (Lipinski definition) is 1. The van der Waals surface area contributed by atoms with Crippen LogP contribution < -0.4 is 19.7 Å². The number of anilines is 2. The van der Waals surface area contributed by atoms with Gasteiger partial charge in [-0.1, -0.05) is 36.4 Å². The highest BCUT2D eigenvalue weighted by Crippen LogP contribution is 2.38. The Bertz CT molecular complexity index is 1530. The first kappa shape index (κ1) is 30.9. The Balaban J connectivity index is 1.27. The van der Waals surface area contributed by atoms with Crippen molar-refractivity contribution in [2.24, 2.45) is 0 Å². The first-order valence-electron chi connectivity index (χ1n) is 14.5. The van der Waals surface area contributed by atoms with Gasteiger partial charge in [0.15, 0.2) is 11.5 Å². The number of nitrogens with zero attached hydrogens (tertiary/aromatic N) is 2. The molecule has 0 spiro atoms. The van der Waals surface area contributed by atoms with E-state index in [0.29, 0.717) is 55.6 Å². The number of thioether (sulfide) groups is 1. The third-order valence-electron chi connectivity index (χ3n) is 7.04. The summed E-state index contributed by atoms with van der Waals surface area (Å²) in [5.74, 6) is 0.160. The third-order valence-corrected chi connectivity index (χ3v) is 7.95. The molecule has 0 aliphatic carbocycles. The maximum Gasteiger partial charge on any atom is 0.294 e. The molecule has 0 radical (unpaired) electrons. The summed E-state index contributed by atoms with van der Waals surface area (Å²) in [5, 5.41) is 2.28. The van der Waals surface area contributed by atoms with Crippen LogP contribution in [0.1, 0.15) is 23.6 Å². The van der Waals surface area contributed by atoms with Crippen molar-refractivity contribution in [2.45, 2.75) is 20.0 Å². The van der Waals surface area contributed by atoms with Crippen molar-refractivity contribution in [3.05, 3.63) is 101 Å². The van der Waals surface area contributed by atoms with E-state index in [0.717, 1.165) is 46.6 Å². The predicted molar refractivity (Wildman–Crippen MR) is 173 cm³/mol. The van der Waals surface area contributed by atoms with Gasteiger partial charge >= 0.3 is 0 Å².